The molecule has 0 saturated carbocycles. The zero-order chi connectivity index (χ0) is 20.4. The van der Waals surface area contributed by atoms with Gasteiger partial charge in [0.1, 0.15) is 23.5 Å². The van der Waals surface area contributed by atoms with Crippen molar-refractivity contribution in [1.82, 2.24) is 0 Å². The molecule has 1 aliphatic rings. The van der Waals surface area contributed by atoms with Crippen LogP contribution in [0.4, 0.5) is 4.39 Å². The summed E-state index contributed by atoms with van der Waals surface area (Å²) < 4.78 is 13.6. The highest BCUT2D eigenvalue weighted by molar-refractivity contribution is 5.30. The first-order valence-corrected chi connectivity index (χ1v) is 10.4. The largest absolute Gasteiger partial charge is 0.384 e. The van der Waals surface area contributed by atoms with Gasteiger partial charge in [-0.15, -0.1) is 0 Å². The quantitative estimate of drug-likeness (QED) is 0.664. The summed E-state index contributed by atoms with van der Waals surface area (Å²) in [7, 11) is 0. The van der Waals surface area contributed by atoms with Crippen LogP contribution in [0.5, 0.6) is 0 Å². The number of halogens is 1. The molecule has 1 aliphatic heterocycles. The van der Waals surface area contributed by atoms with Gasteiger partial charge in [0.05, 0.1) is 5.92 Å². The molecule has 0 spiro atoms. The third-order valence-electron chi connectivity index (χ3n) is 6.38. The number of nitrogens with two attached hydrogens (primary N) is 1. The van der Waals surface area contributed by atoms with Gasteiger partial charge in [-0.05, 0) is 23.6 Å². The molecule has 1 saturated heterocycles. The second-order valence-corrected chi connectivity index (χ2v) is 8.55. The molecule has 3 aromatic rings. The average Bonchev–Trinajstić information content (AvgIpc) is 2.74. The molecular weight excluding hydrogens is 361 g/mol. The first-order valence-electron chi connectivity index (χ1n) is 10.4. The molecule has 3 N–H and O–H groups in total. The summed E-state index contributed by atoms with van der Waals surface area (Å²) >= 11 is 0. The van der Waals surface area contributed by atoms with E-state index in [1.807, 2.05) is 24.3 Å². The number of rotatable bonds is 4. The normalized spacial score (nSPS) is 27.1. The van der Waals surface area contributed by atoms with Crippen LogP contribution in [-0.2, 0) is 5.60 Å². The molecule has 150 valence electrons. The van der Waals surface area contributed by atoms with Crippen LogP contribution in [0.1, 0.15) is 49.0 Å². The summed E-state index contributed by atoms with van der Waals surface area (Å²) in [4.78, 5) is 0. The Morgan fingerprint density at radius 2 is 1.41 bits per heavy atom. The van der Waals surface area contributed by atoms with Crippen molar-refractivity contribution < 1.29 is 14.8 Å². The van der Waals surface area contributed by atoms with Crippen LogP contribution in [0, 0.1) is 17.7 Å². The lowest BCUT2D eigenvalue weighted by atomic mass is 9.64. The lowest BCUT2D eigenvalue weighted by Crippen LogP contribution is -2.91. The van der Waals surface area contributed by atoms with Crippen molar-refractivity contribution in [3.63, 3.8) is 0 Å². The van der Waals surface area contributed by atoms with Gasteiger partial charge in [-0.3, -0.25) is 0 Å². The van der Waals surface area contributed by atoms with E-state index in [-0.39, 0.29) is 29.7 Å². The topological polar surface area (TPSA) is 36.8 Å². The predicted molar refractivity (Wildman–Crippen MR) is 114 cm³/mol. The van der Waals surface area contributed by atoms with Gasteiger partial charge in [-0.2, -0.15) is 0 Å². The fourth-order valence-corrected chi connectivity index (χ4v) is 5.14. The second kappa shape index (κ2) is 8.10. The number of benzene rings is 3. The average molecular weight is 391 g/mol. The highest BCUT2D eigenvalue weighted by Crippen LogP contribution is 2.48. The van der Waals surface area contributed by atoms with Crippen LogP contribution in [0.25, 0.3) is 0 Å². The fourth-order valence-electron chi connectivity index (χ4n) is 5.14. The van der Waals surface area contributed by atoms with E-state index in [4.69, 9.17) is 0 Å². The van der Waals surface area contributed by atoms with Gasteiger partial charge in [-0.1, -0.05) is 86.6 Å². The summed E-state index contributed by atoms with van der Waals surface area (Å²) in [6.45, 7) is 4.34. The molecule has 1 fully saturated rings. The molecule has 0 amide bonds. The van der Waals surface area contributed by atoms with Crippen molar-refractivity contribution in [2.45, 2.75) is 38.0 Å². The van der Waals surface area contributed by atoms with Crippen molar-refractivity contribution >= 4 is 0 Å². The van der Waals surface area contributed by atoms with Gasteiger partial charge in [0.2, 0.25) is 0 Å². The minimum Gasteiger partial charge on any atom is -0.384 e. The van der Waals surface area contributed by atoms with Crippen LogP contribution < -0.4 is 5.32 Å². The van der Waals surface area contributed by atoms with Crippen LogP contribution in [0.3, 0.4) is 0 Å². The van der Waals surface area contributed by atoms with E-state index in [0.29, 0.717) is 6.42 Å². The minimum absolute atomic E-state index is 0.00433. The van der Waals surface area contributed by atoms with E-state index >= 15 is 0 Å². The Balaban J connectivity index is 1.84. The molecule has 0 aliphatic carbocycles. The zero-order valence-corrected chi connectivity index (χ0v) is 17.0. The van der Waals surface area contributed by atoms with E-state index in [1.165, 1.54) is 23.3 Å². The van der Waals surface area contributed by atoms with E-state index in [9.17, 15) is 9.50 Å². The van der Waals surface area contributed by atoms with Crippen molar-refractivity contribution in [3.8, 4) is 0 Å². The predicted octanol–water partition coefficient (Wildman–Crippen LogP) is 4.74. The maximum Gasteiger partial charge on any atom is 0.123 e. The van der Waals surface area contributed by atoms with Crippen LogP contribution in [0.2, 0.25) is 0 Å². The molecule has 0 radical (unpaired) electrons. The number of aliphatic hydroxyl groups is 1. The third kappa shape index (κ3) is 3.85. The first-order chi connectivity index (χ1) is 14.0. The minimum atomic E-state index is -1.04. The maximum absolute atomic E-state index is 13.6. The second-order valence-electron chi connectivity index (χ2n) is 8.55. The Hall–Kier alpha value is -2.49. The summed E-state index contributed by atoms with van der Waals surface area (Å²) in [6, 6.07) is 27.4. The molecule has 4 rings (SSSR count). The lowest BCUT2D eigenvalue weighted by Gasteiger charge is -2.48. The third-order valence-corrected chi connectivity index (χ3v) is 6.38. The van der Waals surface area contributed by atoms with Gasteiger partial charge < -0.3 is 10.4 Å². The van der Waals surface area contributed by atoms with Crippen LogP contribution >= 0.6 is 0 Å². The Labute approximate surface area is 172 Å². The summed E-state index contributed by atoms with van der Waals surface area (Å²) in [5.74, 6) is -0.0291. The van der Waals surface area contributed by atoms with E-state index in [1.54, 1.807) is 12.1 Å². The smallest absolute Gasteiger partial charge is 0.123 e. The zero-order valence-electron chi connectivity index (χ0n) is 17.0. The Morgan fingerprint density at radius 3 is 1.97 bits per heavy atom. The van der Waals surface area contributed by atoms with E-state index in [2.05, 4.69) is 55.6 Å². The van der Waals surface area contributed by atoms with Crippen molar-refractivity contribution in [3.05, 3.63) is 107 Å². The summed E-state index contributed by atoms with van der Waals surface area (Å²) in [5.41, 5.74) is 2.17. The van der Waals surface area contributed by atoms with Gasteiger partial charge in [0.15, 0.2) is 0 Å². The van der Waals surface area contributed by atoms with Crippen LogP contribution in [0.15, 0.2) is 84.9 Å². The van der Waals surface area contributed by atoms with Gasteiger partial charge in [-0.25, -0.2) is 4.39 Å². The van der Waals surface area contributed by atoms with Gasteiger partial charge >= 0.3 is 0 Å². The standard InChI is InChI=1S/C26H28FNO/c1-18(2)24-25(20-11-7-4-8-12-20)28-23(19-9-5-3-6-10-19)17-26(24,29)21-13-15-22(27)16-14-21/h3-16,18,23-25,28-29H,17H2,1-2H3/p+1/t23-,24-,25-,26-/m0/s1. The maximum atomic E-state index is 13.6. The Morgan fingerprint density at radius 1 is 0.862 bits per heavy atom. The lowest BCUT2D eigenvalue weighted by molar-refractivity contribution is -0.759. The molecule has 2 nitrogen and oxygen atoms in total. The number of quaternary nitrogens is 1. The monoisotopic (exact) mass is 390 g/mol. The molecule has 0 aromatic heterocycles. The van der Waals surface area contributed by atoms with Crippen molar-refractivity contribution in [2.24, 2.45) is 11.8 Å². The number of hydrogen-bond acceptors (Lipinski definition) is 1. The first kappa shape index (κ1) is 19.8. The highest BCUT2D eigenvalue weighted by Gasteiger charge is 2.53. The van der Waals surface area contributed by atoms with E-state index in [0.717, 1.165) is 5.56 Å². The molecule has 4 atom stereocenters. The Kier molecular flexibility index (Phi) is 5.53. The molecule has 3 aromatic carbocycles. The molecule has 29 heavy (non-hydrogen) atoms. The SMILES string of the molecule is CC(C)[C@H]1[C@H](c2ccccc2)[NH2+][C@H](c2ccccc2)C[C@]1(O)c1ccc(F)cc1. The van der Waals surface area contributed by atoms with Crippen molar-refractivity contribution in [1.29, 1.82) is 0 Å². The van der Waals surface area contributed by atoms with Crippen LogP contribution in [-0.4, -0.2) is 5.11 Å². The fraction of sp³-hybridized carbons (Fsp3) is 0.308. The van der Waals surface area contributed by atoms with Gasteiger partial charge in [0, 0.05) is 17.5 Å². The van der Waals surface area contributed by atoms with E-state index < -0.39 is 5.60 Å². The number of hydrogen-bond donors (Lipinski definition) is 2. The molecule has 1 heterocycles. The summed E-state index contributed by atoms with van der Waals surface area (Å²) in [5, 5.41) is 14.6. The summed E-state index contributed by atoms with van der Waals surface area (Å²) in [6.07, 6.45) is 0.592. The molecule has 0 unspecified atom stereocenters. The molecular formula is C26H29FNO+. The van der Waals surface area contributed by atoms with Gasteiger partial charge in [0.25, 0.3) is 0 Å². The van der Waals surface area contributed by atoms with Crippen molar-refractivity contribution in [2.75, 3.05) is 0 Å². The highest BCUT2D eigenvalue weighted by atomic mass is 19.1. The number of piperidine rings is 1. The Bertz CT molecular complexity index is 926. The molecule has 0 bridgehead atoms. The molecule has 3 heteroatoms.